The van der Waals surface area contributed by atoms with E-state index in [0.29, 0.717) is 5.92 Å². The Morgan fingerprint density at radius 3 is 2.37 bits per heavy atom. The fourth-order valence-corrected chi connectivity index (χ4v) is 4.90. The van der Waals surface area contributed by atoms with Crippen molar-refractivity contribution in [3.63, 3.8) is 0 Å². The van der Waals surface area contributed by atoms with E-state index in [1.54, 1.807) is 0 Å². The van der Waals surface area contributed by atoms with E-state index in [4.69, 9.17) is 4.98 Å². The molecule has 0 aliphatic heterocycles. The minimum atomic E-state index is 0.486. The third-order valence-electron chi connectivity index (χ3n) is 6.65. The van der Waals surface area contributed by atoms with Crippen LogP contribution in [0.5, 0.6) is 0 Å². The Kier molecular flexibility index (Phi) is 4.39. The summed E-state index contributed by atoms with van der Waals surface area (Å²) in [7, 11) is 0. The van der Waals surface area contributed by atoms with Gasteiger partial charge < -0.3 is 0 Å². The smallest absolute Gasteiger partial charge is 0.145 e. The quantitative estimate of drug-likeness (QED) is 0.287. The van der Waals surface area contributed by atoms with Crippen molar-refractivity contribution in [2.24, 2.45) is 0 Å². The molecule has 3 aromatic carbocycles. The zero-order valence-electron chi connectivity index (χ0n) is 18.5. The molecule has 0 saturated carbocycles. The second-order valence-corrected chi connectivity index (χ2v) is 8.67. The summed E-state index contributed by atoms with van der Waals surface area (Å²) in [6.07, 6.45) is 3.18. The largest absolute Gasteiger partial charge is 0.292 e. The predicted molar refractivity (Wildman–Crippen MR) is 129 cm³/mol. The van der Waals surface area contributed by atoms with Crippen LogP contribution >= 0.6 is 0 Å². The first kappa shape index (κ1) is 18.9. The van der Waals surface area contributed by atoms with E-state index in [1.165, 1.54) is 55.2 Å². The minimum absolute atomic E-state index is 0.486. The summed E-state index contributed by atoms with van der Waals surface area (Å²) in [6, 6.07) is 20.1. The lowest BCUT2D eigenvalue weighted by Crippen LogP contribution is -2.00. The van der Waals surface area contributed by atoms with Gasteiger partial charge in [-0.05, 0) is 67.3 Å². The van der Waals surface area contributed by atoms with E-state index in [2.05, 4.69) is 99.8 Å². The average Bonchev–Trinajstić information content (AvgIpc) is 3.17. The molecule has 0 radical (unpaired) electrons. The Balaban J connectivity index is 2.05. The lowest BCUT2D eigenvalue weighted by atomic mass is 9.92. The van der Waals surface area contributed by atoms with Crippen molar-refractivity contribution in [1.82, 2.24) is 9.38 Å². The summed E-state index contributed by atoms with van der Waals surface area (Å²) in [5, 5.41) is 3.90. The normalized spacial score (nSPS) is 12.8. The Bertz CT molecular complexity index is 1400. The Labute approximate surface area is 178 Å². The molecule has 2 heterocycles. The SMILES string of the molecule is CCC(C)c1cccc2c3cc(C)ccc3n3c(-c4c(C)cccc4C)cnc3c12. The molecule has 0 fully saturated rings. The van der Waals surface area contributed by atoms with Gasteiger partial charge in [0.05, 0.1) is 17.4 Å². The monoisotopic (exact) mass is 392 g/mol. The molecular formula is C28H28N2. The number of rotatable bonds is 3. The lowest BCUT2D eigenvalue weighted by Gasteiger charge is -2.18. The van der Waals surface area contributed by atoms with Gasteiger partial charge in [-0.15, -0.1) is 0 Å². The highest BCUT2D eigenvalue weighted by Crippen LogP contribution is 2.38. The van der Waals surface area contributed by atoms with Gasteiger partial charge in [0.1, 0.15) is 5.65 Å². The van der Waals surface area contributed by atoms with Crippen molar-refractivity contribution in [1.29, 1.82) is 0 Å². The van der Waals surface area contributed by atoms with Crippen LogP contribution in [0.25, 0.3) is 38.6 Å². The number of hydrogen-bond acceptors (Lipinski definition) is 1. The number of imidazole rings is 1. The van der Waals surface area contributed by atoms with Gasteiger partial charge in [0.25, 0.3) is 0 Å². The summed E-state index contributed by atoms with van der Waals surface area (Å²) in [6.45, 7) is 11.1. The predicted octanol–water partition coefficient (Wildman–Crippen LogP) is 7.75. The Hall–Kier alpha value is -3.13. The molecule has 2 aromatic heterocycles. The molecule has 2 heteroatoms. The fourth-order valence-electron chi connectivity index (χ4n) is 4.90. The molecule has 5 aromatic rings. The van der Waals surface area contributed by atoms with Crippen LogP contribution in [0.1, 0.15) is 48.4 Å². The highest BCUT2D eigenvalue weighted by molar-refractivity contribution is 6.14. The minimum Gasteiger partial charge on any atom is -0.292 e. The summed E-state index contributed by atoms with van der Waals surface area (Å²) < 4.78 is 2.39. The molecule has 0 spiro atoms. The molecular weight excluding hydrogens is 364 g/mol. The fraction of sp³-hybridized carbons (Fsp3) is 0.250. The van der Waals surface area contributed by atoms with Crippen LogP contribution < -0.4 is 0 Å². The number of aromatic nitrogens is 2. The summed E-state index contributed by atoms with van der Waals surface area (Å²) in [5.74, 6) is 0.486. The second-order valence-electron chi connectivity index (χ2n) is 8.67. The number of hydrogen-bond donors (Lipinski definition) is 0. The van der Waals surface area contributed by atoms with Gasteiger partial charge in [-0.1, -0.05) is 61.9 Å². The van der Waals surface area contributed by atoms with Crippen molar-refractivity contribution in [2.75, 3.05) is 0 Å². The highest BCUT2D eigenvalue weighted by atomic mass is 15.0. The van der Waals surface area contributed by atoms with E-state index in [0.717, 1.165) is 12.1 Å². The van der Waals surface area contributed by atoms with Gasteiger partial charge in [-0.3, -0.25) is 4.40 Å². The van der Waals surface area contributed by atoms with E-state index in [1.807, 2.05) is 0 Å². The first-order chi connectivity index (χ1) is 14.5. The molecule has 0 bridgehead atoms. The number of nitrogens with zero attached hydrogens (tertiary/aromatic N) is 2. The summed E-state index contributed by atoms with van der Waals surface area (Å²) in [5.41, 5.74) is 9.99. The van der Waals surface area contributed by atoms with Crippen LogP contribution in [0.4, 0.5) is 0 Å². The van der Waals surface area contributed by atoms with E-state index >= 15 is 0 Å². The van der Waals surface area contributed by atoms with Crippen LogP contribution in [-0.2, 0) is 0 Å². The summed E-state index contributed by atoms with van der Waals surface area (Å²) in [4.78, 5) is 5.02. The van der Waals surface area contributed by atoms with Crippen LogP contribution in [0.15, 0.2) is 60.8 Å². The first-order valence-corrected chi connectivity index (χ1v) is 10.9. The van der Waals surface area contributed by atoms with Crippen LogP contribution in [-0.4, -0.2) is 9.38 Å². The zero-order chi connectivity index (χ0) is 21.0. The zero-order valence-corrected chi connectivity index (χ0v) is 18.5. The maximum absolute atomic E-state index is 5.02. The molecule has 0 amide bonds. The molecule has 30 heavy (non-hydrogen) atoms. The van der Waals surface area contributed by atoms with Crippen molar-refractivity contribution in [3.05, 3.63) is 83.0 Å². The number of aryl methyl sites for hydroxylation is 3. The van der Waals surface area contributed by atoms with E-state index in [-0.39, 0.29) is 0 Å². The van der Waals surface area contributed by atoms with Gasteiger partial charge in [-0.25, -0.2) is 4.98 Å². The lowest BCUT2D eigenvalue weighted by molar-refractivity contribution is 0.740. The second kappa shape index (κ2) is 6.98. The molecule has 150 valence electrons. The third-order valence-corrected chi connectivity index (χ3v) is 6.65. The third kappa shape index (κ3) is 2.67. The van der Waals surface area contributed by atoms with Crippen molar-refractivity contribution in [2.45, 2.75) is 47.0 Å². The van der Waals surface area contributed by atoms with Gasteiger partial charge in [0.15, 0.2) is 0 Å². The maximum atomic E-state index is 5.02. The molecule has 5 rings (SSSR count). The number of fused-ring (bicyclic) bond motifs is 6. The molecule has 0 aliphatic rings. The molecule has 0 aliphatic carbocycles. The molecule has 2 nitrogen and oxygen atoms in total. The average molecular weight is 393 g/mol. The van der Waals surface area contributed by atoms with Crippen molar-refractivity contribution in [3.8, 4) is 11.3 Å². The highest BCUT2D eigenvalue weighted by Gasteiger charge is 2.19. The standard InChI is InChI=1S/C28H28N2/c1-6-18(3)21-11-8-12-22-23-15-17(2)13-14-24(23)30-25(16-29-28(30)27(21)22)26-19(4)9-7-10-20(26)5/h7-16,18H,6H2,1-5H3. The Morgan fingerprint density at radius 1 is 0.900 bits per heavy atom. The maximum Gasteiger partial charge on any atom is 0.145 e. The molecule has 1 unspecified atom stereocenters. The molecule has 0 saturated heterocycles. The first-order valence-electron chi connectivity index (χ1n) is 10.9. The van der Waals surface area contributed by atoms with E-state index < -0.39 is 0 Å². The molecule has 1 atom stereocenters. The van der Waals surface area contributed by atoms with Crippen LogP contribution in [0.2, 0.25) is 0 Å². The molecule has 0 N–H and O–H groups in total. The number of benzene rings is 3. The van der Waals surface area contributed by atoms with Gasteiger partial charge in [0, 0.05) is 16.3 Å². The Morgan fingerprint density at radius 2 is 1.63 bits per heavy atom. The summed E-state index contributed by atoms with van der Waals surface area (Å²) >= 11 is 0. The topological polar surface area (TPSA) is 17.3 Å². The van der Waals surface area contributed by atoms with Crippen molar-refractivity contribution < 1.29 is 0 Å². The van der Waals surface area contributed by atoms with Crippen molar-refractivity contribution >= 4 is 27.3 Å². The van der Waals surface area contributed by atoms with Crippen LogP contribution in [0, 0.1) is 20.8 Å². The van der Waals surface area contributed by atoms with Gasteiger partial charge >= 0.3 is 0 Å². The van der Waals surface area contributed by atoms with Gasteiger partial charge in [-0.2, -0.15) is 0 Å². The van der Waals surface area contributed by atoms with Gasteiger partial charge in [0.2, 0.25) is 0 Å². The van der Waals surface area contributed by atoms with Crippen LogP contribution in [0.3, 0.4) is 0 Å². The van der Waals surface area contributed by atoms with E-state index in [9.17, 15) is 0 Å². The number of pyridine rings is 1.